The van der Waals surface area contributed by atoms with Gasteiger partial charge in [-0.25, -0.2) is 0 Å². The van der Waals surface area contributed by atoms with Crippen molar-refractivity contribution in [2.24, 2.45) is 11.8 Å². The predicted octanol–water partition coefficient (Wildman–Crippen LogP) is 3.36. The molecule has 2 aliphatic carbocycles. The van der Waals surface area contributed by atoms with Crippen LogP contribution >= 0.6 is 0 Å². The molecule has 4 rings (SSSR count). The molecule has 2 bridgehead atoms. The Kier molecular flexibility index (Phi) is 3.12. The Labute approximate surface area is 132 Å². The van der Waals surface area contributed by atoms with Crippen molar-refractivity contribution in [2.45, 2.75) is 51.0 Å². The third kappa shape index (κ3) is 1.88. The molecular formula is C19H25NO2. The summed E-state index contributed by atoms with van der Waals surface area (Å²) < 4.78 is 0. The Morgan fingerprint density at radius 2 is 2.14 bits per heavy atom. The molecule has 3 heteroatoms. The zero-order valence-corrected chi connectivity index (χ0v) is 13.5. The van der Waals surface area contributed by atoms with E-state index in [4.69, 9.17) is 0 Å². The largest absolute Gasteiger partial charge is 0.508 e. The van der Waals surface area contributed by atoms with Crippen molar-refractivity contribution in [3.63, 3.8) is 0 Å². The van der Waals surface area contributed by atoms with Crippen LogP contribution in [0.15, 0.2) is 18.2 Å². The van der Waals surface area contributed by atoms with Gasteiger partial charge in [-0.15, -0.1) is 0 Å². The van der Waals surface area contributed by atoms with E-state index in [2.05, 4.69) is 18.7 Å². The average molecular weight is 299 g/mol. The van der Waals surface area contributed by atoms with Gasteiger partial charge in [0.15, 0.2) is 5.78 Å². The molecule has 1 saturated carbocycles. The number of carbonyl (C=O) groups excluding carboxylic acids is 1. The van der Waals surface area contributed by atoms with Crippen LogP contribution in [0.4, 0.5) is 0 Å². The van der Waals surface area contributed by atoms with Crippen LogP contribution in [0.25, 0.3) is 0 Å². The van der Waals surface area contributed by atoms with E-state index in [1.807, 2.05) is 12.1 Å². The minimum atomic E-state index is 0.0337. The Hall–Kier alpha value is -1.35. The first-order chi connectivity index (χ1) is 10.6. The minimum absolute atomic E-state index is 0.0337. The maximum atomic E-state index is 13.1. The molecule has 118 valence electrons. The lowest BCUT2D eigenvalue weighted by Gasteiger charge is -2.55. The van der Waals surface area contributed by atoms with Crippen LogP contribution in [0.2, 0.25) is 0 Å². The number of carbonyl (C=O) groups is 1. The molecule has 1 aromatic rings. The summed E-state index contributed by atoms with van der Waals surface area (Å²) in [5.74, 6) is 1.69. The fourth-order valence-corrected chi connectivity index (χ4v) is 4.95. The van der Waals surface area contributed by atoms with E-state index >= 15 is 0 Å². The average Bonchev–Trinajstić information content (AvgIpc) is 3.30. The second kappa shape index (κ2) is 4.82. The fourth-order valence-electron chi connectivity index (χ4n) is 4.95. The molecule has 2 fully saturated rings. The van der Waals surface area contributed by atoms with Crippen LogP contribution < -0.4 is 0 Å². The van der Waals surface area contributed by atoms with Crippen molar-refractivity contribution in [1.29, 1.82) is 0 Å². The summed E-state index contributed by atoms with van der Waals surface area (Å²) in [7, 11) is 0. The van der Waals surface area contributed by atoms with Crippen LogP contribution in [0.1, 0.15) is 55.5 Å². The number of rotatable bonds is 3. The zero-order valence-electron chi connectivity index (χ0n) is 13.5. The number of ketones is 1. The van der Waals surface area contributed by atoms with Crippen molar-refractivity contribution in [3.05, 3.63) is 29.3 Å². The van der Waals surface area contributed by atoms with Crippen LogP contribution in [-0.2, 0) is 5.41 Å². The molecular weight excluding hydrogens is 274 g/mol. The third-order valence-electron chi connectivity index (χ3n) is 6.48. The van der Waals surface area contributed by atoms with Crippen LogP contribution in [0, 0.1) is 11.8 Å². The van der Waals surface area contributed by atoms with E-state index in [0.29, 0.717) is 5.92 Å². The third-order valence-corrected chi connectivity index (χ3v) is 6.48. The first-order valence-corrected chi connectivity index (χ1v) is 8.68. The number of hydrogen-bond donors (Lipinski definition) is 1. The van der Waals surface area contributed by atoms with Crippen LogP contribution in [0.3, 0.4) is 0 Å². The zero-order chi connectivity index (χ0) is 15.5. The van der Waals surface area contributed by atoms with E-state index in [9.17, 15) is 9.90 Å². The topological polar surface area (TPSA) is 40.5 Å². The monoisotopic (exact) mass is 299 g/mol. The molecule has 3 aliphatic rings. The number of likely N-dealkylation sites (tertiary alicyclic amines) is 1. The van der Waals surface area contributed by atoms with Crippen molar-refractivity contribution in [1.82, 2.24) is 4.90 Å². The highest BCUT2D eigenvalue weighted by Gasteiger charge is 2.54. The molecule has 22 heavy (non-hydrogen) atoms. The first-order valence-electron chi connectivity index (χ1n) is 8.68. The molecule has 0 amide bonds. The summed E-state index contributed by atoms with van der Waals surface area (Å²) in [4.78, 5) is 15.5. The summed E-state index contributed by atoms with van der Waals surface area (Å²) in [6.45, 7) is 6.58. The summed E-state index contributed by atoms with van der Waals surface area (Å²) in [5.41, 5.74) is 1.99. The van der Waals surface area contributed by atoms with E-state index in [1.165, 1.54) is 12.8 Å². The van der Waals surface area contributed by atoms with Gasteiger partial charge in [-0.1, -0.05) is 13.8 Å². The lowest BCUT2D eigenvalue weighted by atomic mass is 9.56. The highest BCUT2D eigenvalue weighted by Crippen LogP contribution is 2.51. The second-order valence-corrected chi connectivity index (χ2v) is 7.53. The summed E-state index contributed by atoms with van der Waals surface area (Å²) >= 11 is 0. The fraction of sp³-hybridized carbons (Fsp3) is 0.632. The molecule has 1 aromatic carbocycles. The Bertz CT molecular complexity index is 622. The van der Waals surface area contributed by atoms with Gasteiger partial charge in [-0.3, -0.25) is 9.69 Å². The molecule has 0 radical (unpaired) electrons. The molecule has 3 atom stereocenters. The smallest absolute Gasteiger partial charge is 0.180 e. The van der Waals surface area contributed by atoms with E-state index in [-0.39, 0.29) is 23.0 Å². The number of aromatic hydroxyl groups is 1. The molecule has 0 unspecified atom stereocenters. The highest BCUT2D eigenvalue weighted by atomic mass is 16.3. The van der Waals surface area contributed by atoms with E-state index in [0.717, 1.165) is 43.0 Å². The first kappa shape index (κ1) is 14.3. The van der Waals surface area contributed by atoms with Gasteiger partial charge in [-0.2, -0.15) is 0 Å². The van der Waals surface area contributed by atoms with Crippen molar-refractivity contribution < 1.29 is 9.90 Å². The van der Waals surface area contributed by atoms with Crippen LogP contribution in [0.5, 0.6) is 5.75 Å². The number of Topliss-reactive ketones (excluding diaryl/α,β-unsaturated/α-hetero) is 1. The van der Waals surface area contributed by atoms with Gasteiger partial charge in [0, 0.05) is 17.5 Å². The standard InChI is InChI=1S/C19H25NO2/c1-3-19-8-9-20(11-13-4-5-13)17(12(19)2)18(22)15-7-6-14(21)10-16(15)19/h6-7,10,12-13,17,21H,3-5,8-9,11H2,1-2H3/t12-,17+,19-/m1/s1. The number of piperidine rings is 1. The van der Waals surface area contributed by atoms with Gasteiger partial charge in [-0.05, 0) is 67.8 Å². The quantitative estimate of drug-likeness (QED) is 0.930. The molecule has 0 spiro atoms. The van der Waals surface area contributed by atoms with Crippen molar-refractivity contribution >= 4 is 5.78 Å². The lowest BCUT2D eigenvalue weighted by Crippen LogP contribution is -2.61. The molecule has 0 aromatic heterocycles. The van der Waals surface area contributed by atoms with Gasteiger partial charge in [0.2, 0.25) is 0 Å². The maximum Gasteiger partial charge on any atom is 0.180 e. The van der Waals surface area contributed by atoms with Gasteiger partial charge in [0.1, 0.15) is 5.75 Å². The number of benzene rings is 1. The number of hydrogen-bond acceptors (Lipinski definition) is 3. The normalized spacial score (nSPS) is 34.5. The van der Waals surface area contributed by atoms with Crippen molar-refractivity contribution in [2.75, 3.05) is 13.1 Å². The lowest BCUT2D eigenvalue weighted by molar-refractivity contribution is 0.0196. The Balaban J connectivity index is 1.81. The summed E-state index contributed by atoms with van der Waals surface area (Å²) in [6, 6.07) is 5.39. The minimum Gasteiger partial charge on any atom is -0.508 e. The Morgan fingerprint density at radius 1 is 1.36 bits per heavy atom. The van der Waals surface area contributed by atoms with Gasteiger partial charge in [0.25, 0.3) is 0 Å². The molecule has 1 N–H and O–H groups in total. The van der Waals surface area contributed by atoms with Crippen molar-refractivity contribution in [3.8, 4) is 5.75 Å². The highest BCUT2D eigenvalue weighted by molar-refractivity contribution is 6.03. The number of fused-ring (bicyclic) bond motifs is 4. The van der Waals surface area contributed by atoms with E-state index in [1.54, 1.807) is 6.07 Å². The SMILES string of the molecule is CC[C@]12CCN(CC3CC3)[C@H](C(=O)c3ccc(O)cc31)[C@H]2C. The van der Waals surface area contributed by atoms with E-state index < -0.39 is 0 Å². The predicted molar refractivity (Wildman–Crippen MR) is 86.3 cm³/mol. The Morgan fingerprint density at radius 3 is 2.82 bits per heavy atom. The molecule has 1 saturated heterocycles. The molecule has 1 heterocycles. The summed E-state index contributed by atoms with van der Waals surface area (Å²) in [5, 5.41) is 9.93. The second-order valence-electron chi connectivity index (χ2n) is 7.53. The van der Waals surface area contributed by atoms with Gasteiger partial charge >= 0.3 is 0 Å². The van der Waals surface area contributed by atoms with Gasteiger partial charge in [0.05, 0.1) is 6.04 Å². The number of phenolic OH excluding ortho intramolecular Hbond substituents is 1. The summed E-state index contributed by atoms with van der Waals surface area (Å²) in [6.07, 6.45) is 4.79. The van der Waals surface area contributed by atoms with Crippen LogP contribution in [-0.4, -0.2) is 34.9 Å². The van der Waals surface area contributed by atoms with Gasteiger partial charge < -0.3 is 5.11 Å². The maximum absolute atomic E-state index is 13.1. The number of phenols is 1. The number of nitrogens with zero attached hydrogens (tertiary/aromatic N) is 1. The molecule has 1 aliphatic heterocycles. The molecule has 3 nitrogen and oxygen atoms in total.